The lowest BCUT2D eigenvalue weighted by Crippen LogP contribution is -2.30. The van der Waals surface area contributed by atoms with E-state index in [1.54, 1.807) is 39.8 Å². The lowest BCUT2D eigenvalue weighted by molar-refractivity contribution is -0.152. The van der Waals surface area contributed by atoms with Gasteiger partial charge in [-0.1, -0.05) is 0 Å². The van der Waals surface area contributed by atoms with E-state index in [2.05, 4.69) is 9.98 Å². The monoisotopic (exact) mass is 243 g/mol. The van der Waals surface area contributed by atoms with Gasteiger partial charge >= 0.3 is 5.97 Å². The summed E-state index contributed by atoms with van der Waals surface area (Å²) in [6, 6.07) is 0. The molecule has 98 valence electrons. The van der Waals surface area contributed by atoms with E-state index in [4.69, 9.17) is 16.2 Å². The second-order valence-electron chi connectivity index (χ2n) is 4.70. The minimum absolute atomic E-state index is 0.0976. The number of hydrogen-bond donors (Lipinski definition) is 2. The van der Waals surface area contributed by atoms with Crippen LogP contribution >= 0.6 is 0 Å². The lowest BCUT2D eigenvalue weighted by atomic mass is 9.98. The smallest absolute Gasteiger partial charge is 0.313 e. The normalized spacial score (nSPS) is 11.9. The van der Waals surface area contributed by atoms with Gasteiger partial charge < -0.3 is 21.1 Å². The van der Waals surface area contributed by atoms with E-state index in [1.165, 1.54) is 0 Å². The third kappa shape index (κ3) is 6.39. The van der Waals surface area contributed by atoms with Crippen LogP contribution in [0.1, 0.15) is 20.8 Å². The summed E-state index contributed by atoms with van der Waals surface area (Å²) in [5.41, 5.74) is 9.94. The van der Waals surface area contributed by atoms with Crippen molar-refractivity contribution in [2.75, 3.05) is 20.8 Å². The van der Waals surface area contributed by atoms with Gasteiger partial charge in [-0.15, -0.1) is 0 Å². The number of hydrogen-bond acceptors (Lipinski definition) is 3. The van der Waals surface area contributed by atoms with E-state index in [9.17, 15) is 4.79 Å². The van der Waals surface area contributed by atoms with Crippen LogP contribution in [0.3, 0.4) is 0 Å². The molecule has 0 radical (unpaired) electrons. The number of carbonyl (C=O) groups excluding carboxylic acids is 1. The zero-order chi connectivity index (χ0) is 13.6. The van der Waals surface area contributed by atoms with Crippen molar-refractivity contribution in [3.05, 3.63) is 0 Å². The molecule has 0 amide bonds. The Balaban J connectivity index is 4.49. The van der Waals surface area contributed by atoms with E-state index in [0.29, 0.717) is 5.96 Å². The zero-order valence-corrected chi connectivity index (χ0v) is 11.0. The predicted octanol–water partition coefficient (Wildman–Crippen LogP) is -0.276. The minimum atomic E-state index is -0.552. The van der Waals surface area contributed by atoms with Gasteiger partial charge in [0.2, 0.25) is 5.96 Å². The molecule has 0 spiro atoms. The average molecular weight is 243 g/mol. The summed E-state index contributed by atoms with van der Waals surface area (Å²) in [5.74, 6) is -0.129. The molecule has 0 saturated heterocycles. The van der Waals surface area contributed by atoms with E-state index in [1.807, 2.05) is 0 Å². The molecule has 0 aliphatic carbocycles. The van der Waals surface area contributed by atoms with Crippen molar-refractivity contribution in [1.82, 2.24) is 4.90 Å². The van der Waals surface area contributed by atoms with Gasteiger partial charge in [0.15, 0.2) is 12.7 Å². The second kappa shape index (κ2) is 6.07. The van der Waals surface area contributed by atoms with Crippen molar-refractivity contribution in [3.8, 4) is 0 Å². The molecule has 0 bridgehead atoms. The summed E-state index contributed by atoms with van der Waals surface area (Å²) < 4.78 is 4.96. The number of esters is 1. The highest BCUT2D eigenvalue weighted by Crippen LogP contribution is 2.14. The number of nitrogens with zero attached hydrogens (tertiary/aromatic N) is 3. The Morgan fingerprint density at radius 2 is 1.82 bits per heavy atom. The second-order valence-corrected chi connectivity index (χ2v) is 4.70. The molecule has 17 heavy (non-hydrogen) atoms. The average Bonchev–Trinajstić information content (AvgIpc) is 2.13. The molecule has 0 aromatic heterocycles. The van der Waals surface area contributed by atoms with E-state index in [0.717, 1.165) is 0 Å². The van der Waals surface area contributed by atoms with Gasteiger partial charge in [-0.2, -0.15) is 4.99 Å². The van der Waals surface area contributed by atoms with Crippen LogP contribution in [0.25, 0.3) is 0 Å². The Labute approximate surface area is 102 Å². The highest BCUT2D eigenvalue weighted by molar-refractivity contribution is 5.93. The molecule has 0 heterocycles. The zero-order valence-electron chi connectivity index (χ0n) is 11.0. The molecule has 7 nitrogen and oxygen atoms in total. The van der Waals surface area contributed by atoms with E-state index < -0.39 is 5.41 Å². The largest absolute Gasteiger partial charge is 0.442 e. The quantitative estimate of drug-likeness (QED) is 0.394. The van der Waals surface area contributed by atoms with Crippen molar-refractivity contribution in [3.63, 3.8) is 0 Å². The number of guanidine groups is 2. The summed E-state index contributed by atoms with van der Waals surface area (Å²) in [6.07, 6.45) is 0. The molecule has 0 aliphatic rings. The van der Waals surface area contributed by atoms with Gasteiger partial charge in [0.05, 0.1) is 5.41 Å². The fraction of sp³-hybridized carbons (Fsp3) is 0.700. The Hall–Kier alpha value is -1.79. The maximum absolute atomic E-state index is 11.4. The molecule has 4 N–H and O–H groups in total. The van der Waals surface area contributed by atoms with Crippen molar-refractivity contribution in [2.45, 2.75) is 20.8 Å². The summed E-state index contributed by atoms with van der Waals surface area (Å²) in [5, 5.41) is 0. The SMILES string of the molecule is CN(C)/C(N=C(N)N)=N\COC(=O)C(C)(C)C. The molecule has 0 aromatic rings. The van der Waals surface area contributed by atoms with Crippen LogP contribution in [-0.2, 0) is 9.53 Å². The van der Waals surface area contributed by atoms with Crippen molar-refractivity contribution in [1.29, 1.82) is 0 Å². The minimum Gasteiger partial charge on any atom is -0.442 e. The van der Waals surface area contributed by atoms with Gasteiger partial charge in [0.1, 0.15) is 0 Å². The van der Waals surface area contributed by atoms with E-state index in [-0.39, 0.29) is 18.7 Å². The summed E-state index contributed by atoms with van der Waals surface area (Å²) in [6.45, 7) is 5.19. The van der Waals surface area contributed by atoms with Gasteiger partial charge in [0.25, 0.3) is 0 Å². The van der Waals surface area contributed by atoms with Gasteiger partial charge in [0, 0.05) is 14.1 Å². The molecular formula is C10H21N5O2. The molecule has 0 unspecified atom stereocenters. The van der Waals surface area contributed by atoms with Crippen LogP contribution in [-0.4, -0.2) is 43.6 Å². The van der Waals surface area contributed by atoms with Gasteiger partial charge in [-0.05, 0) is 20.8 Å². The maximum atomic E-state index is 11.4. The Morgan fingerprint density at radius 1 is 1.29 bits per heavy atom. The van der Waals surface area contributed by atoms with Crippen molar-refractivity contribution in [2.24, 2.45) is 26.9 Å². The summed E-state index contributed by atoms with van der Waals surface area (Å²) in [7, 11) is 3.47. The number of nitrogens with two attached hydrogens (primary N) is 2. The Bertz CT molecular complexity index is 324. The van der Waals surface area contributed by atoms with Crippen molar-refractivity contribution >= 4 is 17.9 Å². The Morgan fingerprint density at radius 3 is 2.18 bits per heavy atom. The molecule has 0 atom stereocenters. The molecular weight excluding hydrogens is 222 g/mol. The van der Waals surface area contributed by atoms with Crippen LogP contribution in [0.5, 0.6) is 0 Å². The number of rotatable bonds is 2. The Kier molecular flexibility index (Phi) is 5.43. The van der Waals surface area contributed by atoms with Crippen LogP contribution in [0.4, 0.5) is 0 Å². The van der Waals surface area contributed by atoms with Gasteiger partial charge in [-0.25, -0.2) is 4.99 Å². The molecule has 0 fully saturated rings. The topological polar surface area (TPSA) is 106 Å². The fourth-order valence-corrected chi connectivity index (χ4v) is 0.757. The van der Waals surface area contributed by atoms with Crippen LogP contribution in [0.15, 0.2) is 9.98 Å². The van der Waals surface area contributed by atoms with Crippen LogP contribution in [0.2, 0.25) is 0 Å². The molecule has 0 aliphatic heterocycles. The lowest BCUT2D eigenvalue weighted by Gasteiger charge is -2.16. The first-order valence-corrected chi connectivity index (χ1v) is 5.13. The van der Waals surface area contributed by atoms with Gasteiger partial charge in [-0.3, -0.25) is 4.79 Å². The standard InChI is InChI=1S/C10H21N5O2/c1-10(2,3)7(16)17-6-13-9(15(4)5)14-8(11)12/h6H2,1-5H3,(H4,11,12,13,14). The third-order valence-corrected chi connectivity index (χ3v) is 1.64. The summed E-state index contributed by atoms with van der Waals surface area (Å²) >= 11 is 0. The highest BCUT2D eigenvalue weighted by Gasteiger charge is 2.22. The van der Waals surface area contributed by atoms with Crippen molar-refractivity contribution < 1.29 is 9.53 Å². The molecule has 0 rings (SSSR count). The summed E-state index contributed by atoms with van der Waals surface area (Å²) in [4.78, 5) is 20.8. The molecule has 7 heteroatoms. The third-order valence-electron chi connectivity index (χ3n) is 1.64. The molecule has 0 aromatic carbocycles. The highest BCUT2D eigenvalue weighted by atomic mass is 16.5. The number of ether oxygens (including phenoxy) is 1. The number of aliphatic imine (C=N–C) groups is 2. The maximum Gasteiger partial charge on any atom is 0.313 e. The predicted molar refractivity (Wildman–Crippen MR) is 67.3 cm³/mol. The van der Waals surface area contributed by atoms with E-state index >= 15 is 0 Å². The van der Waals surface area contributed by atoms with Crippen LogP contribution < -0.4 is 11.5 Å². The molecule has 0 saturated carbocycles. The van der Waals surface area contributed by atoms with Crippen LogP contribution in [0, 0.1) is 5.41 Å². The number of carbonyl (C=O) groups is 1. The first-order valence-electron chi connectivity index (χ1n) is 5.13. The first-order chi connectivity index (χ1) is 7.64. The fourth-order valence-electron chi connectivity index (χ4n) is 0.757. The first kappa shape index (κ1) is 15.2.